The van der Waals surface area contributed by atoms with E-state index in [-0.39, 0.29) is 23.6 Å². The van der Waals surface area contributed by atoms with Gasteiger partial charge in [-0.05, 0) is 23.3 Å². The Morgan fingerprint density at radius 2 is 2.08 bits per heavy atom. The molecular weight excluding hydrogens is 330 g/mol. The minimum Gasteiger partial charge on any atom is -0.361 e. The van der Waals surface area contributed by atoms with Gasteiger partial charge in [-0.2, -0.15) is 0 Å². The standard InChI is InChI=1S/C20H19N3O3/c1-13-9-18(22-26-13)20(25)21-16-10-19(24)23(12-16)11-15-7-4-6-14-5-2-3-8-17(14)15/h2-9,16H,10-12H2,1H3,(H,21,25)/t16-/m0/s1. The summed E-state index contributed by atoms with van der Waals surface area (Å²) in [6, 6.07) is 15.6. The Bertz CT molecular complexity index is 974. The highest BCUT2D eigenvalue weighted by molar-refractivity contribution is 5.93. The molecule has 1 fully saturated rings. The quantitative estimate of drug-likeness (QED) is 0.786. The highest BCUT2D eigenvalue weighted by Crippen LogP contribution is 2.22. The minimum atomic E-state index is -0.313. The van der Waals surface area contributed by atoms with Crippen LogP contribution in [0.15, 0.2) is 53.1 Å². The van der Waals surface area contributed by atoms with Crippen molar-refractivity contribution in [2.45, 2.75) is 25.9 Å². The van der Waals surface area contributed by atoms with Crippen molar-refractivity contribution >= 4 is 22.6 Å². The maximum atomic E-state index is 12.4. The number of nitrogens with zero attached hydrogens (tertiary/aromatic N) is 2. The molecule has 6 heteroatoms. The van der Waals surface area contributed by atoms with Crippen LogP contribution in [0.1, 0.15) is 28.2 Å². The summed E-state index contributed by atoms with van der Waals surface area (Å²) in [5.74, 6) is 0.307. The van der Waals surface area contributed by atoms with Gasteiger partial charge in [0.2, 0.25) is 5.91 Å². The zero-order chi connectivity index (χ0) is 18.1. The molecular formula is C20H19N3O3. The summed E-state index contributed by atoms with van der Waals surface area (Å²) in [6.45, 7) is 2.76. The third-order valence-corrected chi connectivity index (χ3v) is 4.65. The summed E-state index contributed by atoms with van der Waals surface area (Å²) in [6.07, 6.45) is 0.299. The van der Waals surface area contributed by atoms with Crippen LogP contribution in [-0.2, 0) is 11.3 Å². The van der Waals surface area contributed by atoms with Crippen LogP contribution in [0.3, 0.4) is 0 Å². The molecule has 26 heavy (non-hydrogen) atoms. The van der Waals surface area contributed by atoms with Crippen LogP contribution in [0.2, 0.25) is 0 Å². The van der Waals surface area contributed by atoms with Gasteiger partial charge >= 0.3 is 0 Å². The molecule has 1 atom stereocenters. The molecule has 0 radical (unpaired) electrons. The van der Waals surface area contributed by atoms with Gasteiger partial charge in [0.05, 0.1) is 6.04 Å². The van der Waals surface area contributed by atoms with E-state index in [0.29, 0.717) is 25.3 Å². The molecule has 2 aromatic carbocycles. The van der Waals surface area contributed by atoms with Gasteiger partial charge in [-0.25, -0.2) is 0 Å². The van der Waals surface area contributed by atoms with Gasteiger partial charge < -0.3 is 14.7 Å². The molecule has 0 unspecified atom stereocenters. The first kappa shape index (κ1) is 16.3. The maximum Gasteiger partial charge on any atom is 0.273 e. The number of likely N-dealkylation sites (tertiary alicyclic amines) is 1. The number of hydrogen-bond acceptors (Lipinski definition) is 4. The maximum absolute atomic E-state index is 12.4. The van der Waals surface area contributed by atoms with E-state index in [1.54, 1.807) is 17.9 Å². The van der Waals surface area contributed by atoms with Crippen molar-refractivity contribution in [3.63, 3.8) is 0 Å². The first-order chi connectivity index (χ1) is 12.6. The third kappa shape index (κ3) is 3.18. The molecule has 1 aromatic heterocycles. The van der Waals surface area contributed by atoms with Crippen molar-refractivity contribution in [2.24, 2.45) is 0 Å². The minimum absolute atomic E-state index is 0.0413. The van der Waals surface area contributed by atoms with Crippen LogP contribution in [0.25, 0.3) is 10.8 Å². The molecule has 6 nitrogen and oxygen atoms in total. The Kier molecular flexibility index (Phi) is 4.16. The molecule has 2 amide bonds. The number of carbonyl (C=O) groups excluding carboxylic acids is 2. The molecule has 4 rings (SSSR count). The number of aromatic nitrogens is 1. The highest BCUT2D eigenvalue weighted by atomic mass is 16.5. The lowest BCUT2D eigenvalue weighted by Crippen LogP contribution is -2.37. The second-order valence-electron chi connectivity index (χ2n) is 6.61. The zero-order valence-corrected chi connectivity index (χ0v) is 14.4. The molecule has 132 valence electrons. The van der Waals surface area contributed by atoms with Gasteiger partial charge in [-0.15, -0.1) is 0 Å². The third-order valence-electron chi connectivity index (χ3n) is 4.65. The number of fused-ring (bicyclic) bond motifs is 1. The summed E-state index contributed by atoms with van der Waals surface area (Å²) in [7, 11) is 0. The smallest absolute Gasteiger partial charge is 0.273 e. The molecule has 1 N–H and O–H groups in total. The van der Waals surface area contributed by atoms with Crippen LogP contribution >= 0.6 is 0 Å². The first-order valence-electron chi connectivity index (χ1n) is 8.59. The van der Waals surface area contributed by atoms with E-state index in [9.17, 15) is 9.59 Å². The molecule has 1 aliphatic heterocycles. The second-order valence-corrected chi connectivity index (χ2v) is 6.61. The predicted molar refractivity (Wildman–Crippen MR) is 96.5 cm³/mol. The highest BCUT2D eigenvalue weighted by Gasteiger charge is 2.31. The van der Waals surface area contributed by atoms with Crippen LogP contribution in [-0.4, -0.2) is 34.5 Å². The lowest BCUT2D eigenvalue weighted by atomic mass is 10.0. The second kappa shape index (κ2) is 6.63. The molecule has 0 saturated carbocycles. The Morgan fingerprint density at radius 1 is 1.27 bits per heavy atom. The average Bonchev–Trinajstić information content (AvgIpc) is 3.21. The van der Waals surface area contributed by atoms with Crippen molar-refractivity contribution in [3.05, 3.63) is 65.5 Å². The Morgan fingerprint density at radius 3 is 2.88 bits per heavy atom. The first-order valence-corrected chi connectivity index (χ1v) is 8.59. The van der Waals surface area contributed by atoms with Crippen LogP contribution in [0.5, 0.6) is 0 Å². The largest absolute Gasteiger partial charge is 0.361 e. The van der Waals surface area contributed by atoms with E-state index in [2.05, 4.69) is 28.7 Å². The summed E-state index contributed by atoms with van der Waals surface area (Å²) in [5, 5.41) is 8.88. The van der Waals surface area contributed by atoms with Gasteiger partial charge in [0.15, 0.2) is 5.69 Å². The lowest BCUT2D eigenvalue weighted by Gasteiger charge is -2.18. The van der Waals surface area contributed by atoms with E-state index in [1.165, 1.54) is 0 Å². The number of hydrogen-bond donors (Lipinski definition) is 1. The van der Waals surface area contributed by atoms with Crippen LogP contribution in [0, 0.1) is 6.92 Å². The number of rotatable bonds is 4. The van der Waals surface area contributed by atoms with Crippen molar-refractivity contribution < 1.29 is 14.1 Å². The fourth-order valence-corrected chi connectivity index (χ4v) is 3.39. The molecule has 0 spiro atoms. The van der Waals surface area contributed by atoms with E-state index in [0.717, 1.165) is 16.3 Å². The van der Waals surface area contributed by atoms with Gasteiger partial charge in [-0.1, -0.05) is 47.6 Å². The molecule has 1 aliphatic rings. The lowest BCUT2D eigenvalue weighted by molar-refractivity contribution is -0.128. The number of nitrogens with one attached hydrogen (secondary N) is 1. The fourth-order valence-electron chi connectivity index (χ4n) is 3.39. The van der Waals surface area contributed by atoms with Gasteiger partial charge in [-0.3, -0.25) is 9.59 Å². The van der Waals surface area contributed by atoms with Crippen molar-refractivity contribution in [3.8, 4) is 0 Å². The van der Waals surface area contributed by atoms with Gasteiger partial charge in [0, 0.05) is 25.6 Å². The van der Waals surface area contributed by atoms with Crippen molar-refractivity contribution in [1.29, 1.82) is 0 Å². The summed E-state index contributed by atoms with van der Waals surface area (Å²) in [5.41, 5.74) is 1.35. The predicted octanol–water partition coefficient (Wildman–Crippen LogP) is 2.67. The number of carbonyl (C=O) groups is 2. The monoisotopic (exact) mass is 349 g/mol. The molecule has 1 saturated heterocycles. The van der Waals surface area contributed by atoms with Crippen LogP contribution < -0.4 is 5.32 Å². The summed E-state index contributed by atoms with van der Waals surface area (Å²) < 4.78 is 4.92. The van der Waals surface area contributed by atoms with Crippen molar-refractivity contribution in [1.82, 2.24) is 15.4 Å². The fraction of sp³-hybridized carbons (Fsp3) is 0.250. The van der Waals surface area contributed by atoms with E-state index < -0.39 is 0 Å². The zero-order valence-electron chi connectivity index (χ0n) is 14.4. The molecule has 3 aromatic rings. The Labute approximate surface area is 150 Å². The number of aryl methyl sites for hydroxylation is 1. The summed E-state index contributed by atoms with van der Waals surface area (Å²) >= 11 is 0. The van der Waals surface area contributed by atoms with E-state index in [1.807, 2.05) is 24.3 Å². The Hall–Kier alpha value is -3.15. The van der Waals surface area contributed by atoms with Gasteiger partial charge in [0.1, 0.15) is 5.76 Å². The Balaban J connectivity index is 1.45. The summed E-state index contributed by atoms with van der Waals surface area (Å²) in [4.78, 5) is 26.4. The normalized spacial score (nSPS) is 17.0. The number of amides is 2. The number of benzene rings is 2. The SMILES string of the molecule is Cc1cc(C(=O)N[C@H]2CC(=O)N(Cc3cccc4ccccc34)C2)no1. The molecule has 2 heterocycles. The van der Waals surface area contributed by atoms with Crippen molar-refractivity contribution in [2.75, 3.05) is 6.54 Å². The van der Waals surface area contributed by atoms with Gasteiger partial charge in [0.25, 0.3) is 5.91 Å². The van der Waals surface area contributed by atoms with Crippen LogP contribution in [0.4, 0.5) is 0 Å². The molecule has 0 bridgehead atoms. The topological polar surface area (TPSA) is 75.4 Å². The average molecular weight is 349 g/mol. The molecule has 0 aliphatic carbocycles. The van der Waals surface area contributed by atoms with E-state index in [4.69, 9.17) is 4.52 Å². The van der Waals surface area contributed by atoms with E-state index >= 15 is 0 Å².